The Morgan fingerprint density at radius 3 is 2.32 bits per heavy atom. The summed E-state index contributed by atoms with van der Waals surface area (Å²) >= 11 is 0. The molecule has 0 bridgehead atoms. The maximum Gasteiger partial charge on any atom is 0.0897 e. The van der Waals surface area contributed by atoms with Crippen molar-refractivity contribution in [2.75, 3.05) is 26.3 Å². The van der Waals surface area contributed by atoms with Crippen molar-refractivity contribution < 1.29 is 9.84 Å². The highest BCUT2D eigenvalue weighted by atomic mass is 16.5. The molecule has 0 radical (unpaired) electrons. The molecule has 1 N–H and O–H groups in total. The summed E-state index contributed by atoms with van der Waals surface area (Å²) in [4.78, 5) is 2.54. The molecule has 1 aromatic rings. The summed E-state index contributed by atoms with van der Waals surface area (Å²) in [5.41, 5.74) is 0.472. The quantitative estimate of drug-likeness (QED) is 0.885. The molecule has 0 spiro atoms. The number of nitrogens with zero attached hydrogens (tertiary/aromatic N) is 1. The molecule has 2 fully saturated rings. The van der Waals surface area contributed by atoms with Gasteiger partial charge in [-0.25, -0.2) is 0 Å². The molecule has 1 aromatic carbocycles. The first-order chi connectivity index (χ1) is 9.28. The topological polar surface area (TPSA) is 32.7 Å². The van der Waals surface area contributed by atoms with Gasteiger partial charge in [-0.15, -0.1) is 0 Å². The van der Waals surface area contributed by atoms with E-state index in [1.54, 1.807) is 0 Å². The Hall–Kier alpha value is -0.900. The van der Waals surface area contributed by atoms with Gasteiger partial charge in [-0.05, 0) is 31.2 Å². The Morgan fingerprint density at radius 2 is 1.68 bits per heavy atom. The molecule has 0 amide bonds. The molecular formula is C16H23NO2. The van der Waals surface area contributed by atoms with E-state index in [-0.39, 0.29) is 0 Å². The Bertz CT molecular complexity index is 392. The largest absolute Gasteiger partial charge is 0.385 e. The predicted octanol–water partition coefficient (Wildman–Crippen LogP) is 2.15. The summed E-state index contributed by atoms with van der Waals surface area (Å²) in [5.74, 6) is 0. The number of aliphatic hydroxyl groups is 1. The van der Waals surface area contributed by atoms with E-state index in [9.17, 15) is 5.11 Å². The Kier molecular flexibility index (Phi) is 3.87. The maximum atomic E-state index is 10.8. The highest BCUT2D eigenvalue weighted by Gasteiger charge is 2.36. The lowest BCUT2D eigenvalue weighted by atomic mass is 9.77. The van der Waals surface area contributed by atoms with Crippen LogP contribution in [0.15, 0.2) is 30.3 Å². The monoisotopic (exact) mass is 261 g/mol. The Balaban J connectivity index is 1.62. The van der Waals surface area contributed by atoms with Gasteiger partial charge in [-0.1, -0.05) is 30.3 Å². The number of rotatable bonds is 2. The number of morpholine rings is 1. The summed E-state index contributed by atoms with van der Waals surface area (Å²) in [7, 11) is 0. The molecule has 0 atom stereocenters. The van der Waals surface area contributed by atoms with Crippen molar-refractivity contribution >= 4 is 0 Å². The van der Waals surface area contributed by atoms with Crippen LogP contribution in [0.5, 0.6) is 0 Å². The van der Waals surface area contributed by atoms with Crippen molar-refractivity contribution in [2.24, 2.45) is 0 Å². The van der Waals surface area contributed by atoms with Crippen LogP contribution in [-0.2, 0) is 10.3 Å². The highest BCUT2D eigenvalue weighted by Crippen LogP contribution is 2.38. The lowest BCUT2D eigenvalue weighted by Crippen LogP contribution is -2.47. The van der Waals surface area contributed by atoms with Crippen molar-refractivity contribution in [1.82, 2.24) is 4.90 Å². The van der Waals surface area contributed by atoms with Crippen LogP contribution in [0.1, 0.15) is 31.2 Å². The fraction of sp³-hybridized carbons (Fsp3) is 0.625. The van der Waals surface area contributed by atoms with Gasteiger partial charge in [0.2, 0.25) is 0 Å². The van der Waals surface area contributed by atoms with E-state index >= 15 is 0 Å². The van der Waals surface area contributed by atoms with Crippen LogP contribution in [0.4, 0.5) is 0 Å². The van der Waals surface area contributed by atoms with E-state index in [4.69, 9.17) is 4.74 Å². The van der Waals surface area contributed by atoms with Crippen molar-refractivity contribution in [3.05, 3.63) is 35.9 Å². The second-order valence-electron chi connectivity index (χ2n) is 5.78. The third kappa shape index (κ3) is 2.83. The molecule has 1 aliphatic carbocycles. The smallest absolute Gasteiger partial charge is 0.0897 e. The molecule has 104 valence electrons. The second kappa shape index (κ2) is 5.61. The fourth-order valence-electron chi connectivity index (χ4n) is 3.42. The highest BCUT2D eigenvalue weighted by molar-refractivity contribution is 5.23. The van der Waals surface area contributed by atoms with Gasteiger partial charge in [0.15, 0.2) is 0 Å². The average molecular weight is 261 g/mol. The van der Waals surface area contributed by atoms with E-state index in [0.717, 1.165) is 57.6 Å². The number of hydrogen-bond acceptors (Lipinski definition) is 3. The zero-order chi connectivity index (χ0) is 13.1. The van der Waals surface area contributed by atoms with E-state index in [0.29, 0.717) is 6.04 Å². The fourth-order valence-corrected chi connectivity index (χ4v) is 3.42. The minimum atomic E-state index is -0.607. The number of benzene rings is 1. The van der Waals surface area contributed by atoms with Crippen LogP contribution in [0.2, 0.25) is 0 Å². The molecule has 2 aliphatic rings. The molecule has 1 aliphatic heterocycles. The van der Waals surface area contributed by atoms with Gasteiger partial charge in [-0.3, -0.25) is 4.90 Å². The van der Waals surface area contributed by atoms with Crippen LogP contribution in [0, 0.1) is 0 Å². The number of hydrogen-bond donors (Lipinski definition) is 1. The lowest BCUT2D eigenvalue weighted by Gasteiger charge is -2.42. The van der Waals surface area contributed by atoms with Gasteiger partial charge >= 0.3 is 0 Å². The van der Waals surface area contributed by atoms with Crippen LogP contribution < -0.4 is 0 Å². The molecule has 19 heavy (non-hydrogen) atoms. The zero-order valence-corrected chi connectivity index (χ0v) is 11.4. The summed E-state index contributed by atoms with van der Waals surface area (Å²) in [6.45, 7) is 3.82. The van der Waals surface area contributed by atoms with E-state index in [1.807, 2.05) is 18.2 Å². The predicted molar refractivity (Wildman–Crippen MR) is 75.0 cm³/mol. The molecule has 1 heterocycles. The van der Waals surface area contributed by atoms with Gasteiger partial charge in [0.05, 0.1) is 18.8 Å². The minimum absolute atomic E-state index is 0.607. The van der Waals surface area contributed by atoms with E-state index in [2.05, 4.69) is 17.0 Å². The van der Waals surface area contributed by atoms with E-state index in [1.165, 1.54) is 0 Å². The molecule has 0 unspecified atom stereocenters. The molecule has 0 aromatic heterocycles. The Labute approximate surface area is 115 Å². The molecule has 3 heteroatoms. The van der Waals surface area contributed by atoms with E-state index < -0.39 is 5.60 Å². The van der Waals surface area contributed by atoms with Crippen molar-refractivity contribution in [2.45, 2.75) is 37.3 Å². The summed E-state index contributed by atoms with van der Waals surface area (Å²) in [6, 6.07) is 10.8. The maximum absolute atomic E-state index is 10.8. The summed E-state index contributed by atoms with van der Waals surface area (Å²) < 4.78 is 5.41. The summed E-state index contributed by atoms with van der Waals surface area (Å²) in [5, 5.41) is 10.8. The van der Waals surface area contributed by atoms with Crippen LogP contribution in [0.3, 0.4) is 0 Å². The standard InChI is InChI=1S/C16H23NO2/c18-16(14-4-2-1-3-5-14)8-6-15(7-9-16)17-10-12-19-13-11-17/h1-5,15,18H,6-13H2/t15-,16+. The molecular weight excluding hydrogens is 238 g/mol. The SMILES string of the molecule is O[C@]1(c2ccccc2)CC[C@H](N2CCOCC2)CC1. The third-order valence-electron chi connectivity index (χ3n) is 4.66. The first kappa shape index (κ1) is 13.1. The van der Waals surface area contributed by atoms with Gasteiger partial charge in [-0.2, -0.15) is 0 Å². The first-order valence-electron chi connectivity index (χ1n) is 7.38. The molecule has 3 rings (SSSR count). The molecule has 1 saturated heterocycles. The van der Waals surface area contributed by atoms with Crippen LogP contribution in [0.25, 0.3) is 0 Å². The van der Waals surface area contributed by atoms with Gasteiger partial charge in [0.25, 0.3) is 0 Å². The Morgan fingerprint density at radius 1 is 1.05 bits per heavy atom. The van der Waals surface area contributed by atoms with Crippen LogP contribution in [-0.4, -0.2) is 42.4 Å². The van der Waals surface area contributed by atoms with Crippen molar-refractivity contribution in [1.29, 1.82) is 0 Å². The third-order valence-corrected chi connectivity index (χ3v) is 4.66. The lowest BCUT2D eigenvalue weighted by molar-refractivity contribution is -0.0447. The van der Waals surface area contributed by atoms with Crippen molar-refractivity contribution in [3.8, 4) is 0 Å². The van der Waals surface area contributed by atoms with Crippen LogP contribution >= 0.6 is 0 Å². The van der Waals surface area contributed by atoms with Gasteiger partial charge in [0, 0.05) is 19.1 Å². The first-order valence-corrected chi connectivity index (χ1v) is 7.38. The second-order valence-corrected chi connectivity index (χ2v) is 5.78. The number of ether oxygens (including phenoxy) is 1. The van der Waals surface area contributed by atoms with Gasteiger partial charge in [0.1, 0.15) is 0 Å². The summed E-state index contributed by atoms with van der Waals surface area (Å²) in [6.07, 6.45) is 3.93. The average Bonchev–Trinajstić information content (AvgIpc) is 2.50. The zero-order valence-electron chi connectivity index (χ0n) is 11.4. The molecule has 3 nitrogen and oxygen atoms in total. The minimum Gasteiger partial charge on any atom is -0.385 e. The molecule has 1 saturated carbocycles. The normalized spacial score (nSPS) is 33.2. The van der Waals surface area contributed by atoms with Crippen molar-refractivity contribution in [3.63, 3.8) is 0 Å². The van der Waals surface area contributed by atoms with Gasteiger partial charge < -0.3 is 9.84 Å².